The van der Waals surface area contributed by atoms with E-state index in [0.29, 0.717) is 18.0 Å². The lowest BCUT2D eigenvalue weighted by Crippen LogP contribution is -2.28. The molecule has 1 amide bonds. The van der Waals surface area contributed by atoms with E-state index in [1.807, 2.05) is 31.3 Å². The lowest BCUT2D eigenvalue weighted by atomic mass is 10.1. The standard InChI is InChI=1S/C23H24N2O4S.C2HF3O/c1-14-5-6-15(11-24-14)20-9-16-12-25(22(26)21(16)30-20)17-7-8-18(19(10-17)28-4)29-13-23(2,3)27;3-2(4,5)1-6/h5-11,27H,12-13H2,1-4H3;1H. The number of ether oxygens (including phenoxy) is 2. The molecular weight excluding hydrogens is 497 g/mol. The smallest absolute Gasteiger partial charge is 0.446 e. The van der Waals surface area contributed by atoms with E-state index in [1.165, 1.54) is 11.3 Å². The number of carbonyl (C=O) groups excluding carboxylic acids is 2. The number of pyridine rings is 1. The first-order chi connectivity index (χ1) is 16.8. The van der Waals surface area contributed by atoms with Gasteiger partial charge < -0.3 is 19.5 Å². The summed E-state index contributed by atoms with van der Waals surface area (Å²) >= 11 is 1.50. The van der Waals surface area contributed by atoms with Gasteiger partial charge in [-0.05, 0) is 50.6 Å². The molecule has 0 fully saturated rings. The van der Waals surface area contributed by atoms with E-state index in [9.17, 15) is 23.1 Å². The highest BCUT2D eigenvalue weighted by Crippen LogP contribution is 2.40. The second-order valence-corrected chi connectivity index (χ2v) is 9.69. The second-order valence-electron chi connectivity index (χ2n) is 8.64. The number of thiophene rings is 1. The van der Waals surface area contributed by atoms with Gasteiger partial charge in [-0.2, -0.15) is 13.2 Å². The molecule has 192 valence electrons. The first-order valence-corrected chi connectivity index (χ1v) is 11.6. The minimum absolute atomic E-state index is 0.0199. The molecule has 3 heterocycles. The first-order valence-electron chi connectivity index (χ1n) is 10.7. The van der Waals surface area contributed by atoms with Gasteiger partial charge in [0.05, 0.1) is 24.1 Å². The molecule has 4 rings (SSSR count). The van der Waals surface area contributed by atoms with Crippen LogP contribution in [0.2, 0.25) is 0 Å². The van der Waals surface area contributed by atoms with Gasteiger partial charge in [-0.15, -0.1) is 11.3 Å². The van der Waals surface area contributed by atoms with E-state index in [2.05, 4.69) is 11.1 Å². The van der Waals surface area contributed by atoms with Crippen LogP contribution in [0.15, 0.2) is 42.6 Å². The third kappa shape index (κ3) is 6.82. The third-order valence-electron chi connectivity index (χ3n) is 4.95. The number of benzene rings is 1. The number of halogens is 3. The number of rotatable bonds is 6. The number of fused-ring (bicyclic) bond motifs is 1. The molecular formula is C25H25F3N2O5S. The van der Waals surface area contributed by atoms with E-state index in [-0.39, 0.29) is 12.5 Å². The molecule has 7 nitrogen and oxygen atoms in total. The summed E-state index contributed by atoms with van der Waals surface area (Å²) in [5, 5.41) is 9.88. The van der Waals surface area contributed by atoms with Crippen molar-refractivity contribution in [2.45, 2.75) is 39.1 Å². The van der Waals surface area contributed by atoms with E-state index < -0.39 is 18.1 Å². The van der Waals surface area contributed by atoms with Crippen LogP contribution in [0, 0.1) is 6.92 Å². The van der Waals surface area contributed by atoms with E-state index >= 15 is 0 Å². The summed E-state index contributed by atoms with van der Waals surface area (Å²) in [5.74, 6) is 1.03. The van der Waals surface area contributed by atoms with Crippen LogP contribution in [0.4, 0.5) is 18.9 Å². The van der Waals surface area contributed by atoms with Crippen molar-refractivity contribution in [3.05, 3.63) is 58.7 Å². The number of methoxy groups -OCH3 is 1. The van der Waals surface area contributed by atoms with Gasteiger partial charge in [0.1, 0.15) is 6.61 Å². The Morgan fingerprint density at radius 3 is 2.39 bits per heavy atom. The molecule has 2 aromatic heterocycles. The molecule has 0 saturated carbocycles. The highest BCUT2D eigenvalue weighted by Gasteiger charge is 2.32. The number of alkyl halides is 3. The van der Waals surface area contributed by atoms with Crippen molar-refractivity contribution in [1.29, 1.82) is 0 Å². The van der Waals surface area contributed by atoms with Crippen molar-refractivity contribution in [2.24, 2.45) is 0 Å². The van der Waals surface area contributed by atoms with Crippen molar-refractivity contribution >= 4 is 29.2 Å². The van der Waals surface area contributed by atoms with Gasteiger partial charge in [-0.25, -0.2) is 0 Å². The largest absolute Gasteiger partial charge is 0.493 e. The van der Waals surface area contributed by atoms with E-state index in [1.54, 1.807) is 38.0 Å². The van der Waals surface area contributed by atoms with Gasteiger partial charge >= 0.3 is 6.18 Å². The maximum absolute atomic E-state index is 13.1. The SMILES string of the molecule is COc1cc(N2Cc3cc(-c4ccc(C)nc4)sc3C2=O)ccc1OCC(C)(C)O.O=CC(F)(F)F. The third-order valence-corrected chi connectivity index (χ3v) is 6.16. The number of carbonyl (C=O) groups is 2. The average Bonchev–Trinajstić information content (AvgIpc) is 3.37. The summed E-state index contributed by atoms with van der Waals surface area (Å²) in [4.78, 5) is 29.6. The number of aliphatic hydroxyl groups is 1. The second kappa shape index (κ2) is 10.7. The minimum atomic E-state index is -4.64. The first kappa shape index (κ1) is 27.2. The van der Waals surface area contributed by atoms with Crippen molar-refractivity contribution < 1.29 is 37.3 Å². The highest BCUT2D eigenvalue weighted by molar-refractivity contribution is 7.17. The Morgan fingerprint density at radius 2 is 1.86 bits per heavy atom. The predicted octanol–water partition coefficient (Wildman–Crippen LogP) is 5.18. The number of nitrogens with zero attached hydrogens (tertiary/aromatic N) is 2. The molecule has 1 aromatic carbocycles. The predicted molar refractivity (Wildman–Crippen MR) is 130 cm³/mol. The van der Waals surface area contributed by atoms with Crippen LogP contribution in [0.25, 0.3) is 10.4 Å². The molecule has 1 N–H and O–H groups in total. The Hall–Kier alpha value is -3.44. The molecule has 1 aliphatic rings. The molecule has 0 atom stereocenters. The summed E-state index contributed by atoms with van der Waals surface area (Å²) in [5.41, 5.74) is 2.80. The number of hydrogen-bond acceptors (Lipinski definition) is 7. The van der Waals surface area contributed by atoms with Crippen LogP contribution in [-0.4, -0.2) is 47.8 Å². The molecule has 1 aliphatic heterocycles. The van der Waals surface area contributed by atoms with Gasteiger partial charge in [-0.3, -0.25) is 14.6 Å². The zero-order valence-corrected chi connectivity index (χ0v) is 20.9. The number of anilines is 1. The molecule has 0 unspecified atom stereocenters. The molecule has 0 saturated heterocycles. The fourth-order valence-corrected chi connectivity index (χ4v) is 4.37. The number of aromatic nitrogens is 1. The Bertz CT molecular complexity index is 1230. The lowest BCUT2D eigenvalue weighted by Gasteiger charge is -2.21. The monoisotopic (exact) mass is 522 g/mol. The van der Waals surface area contributed by atoms with Crippen molar-refractivity contribution in [2.75, 3.05) is 18.6 Å². The lowest BCUT2D eigenvalue weighted by molar-refractivity contribution is -0.156. The highest BCUT2D eigenvalue weighted by atomic mass is 32.1. The van der Waals surface area contributed by atoms with Crippen LogP contribution >= 0.6 is 11.3 Å². The molecule has 0 aliphatic carbocycles. The molecule has 0 bridgehead atoms. The van der Waals surface area contributed by atoms with Gasteiger partial charge in [0.25, 0.3) is 5.91 Å². The summed E-state index contributed by atoms with van der Waals surface area (Å²) in [6.07, 6.45) is -3.86. The maximum Gasteiger partial charge on any atom is 0.446 e. The summed E-state index contributed by atoms with van der Waals surface area (Å²) in [6, 6.07) is 11.5. The molecule has 36 heavy (non-hydrogen) atoms. The van der Waals surface area contributed by atoms with Gasteiger partial charge in [0.15, 0.2) is 11.5 Å². The Kier molecular flexibility index (Phi) is 8.05. The van der Waals surface area contributed by atoms with Gasteiger partial charge in [0.2, 0.25) is 6.29 Å². The minimum Gasteiger partial charge on any atom is -0.493 e. The fraction of sp³-hybridized carbons (Fsp3) is 0.320. The topological polar surface area (TPSA) is 89.0 Å². The van der Waals surface area contributed by atoms with Gasteiger partial charge in [-0.1, -0.05) is 6.07 Å². The number of aryl methyl sites for hydroxylation is 1. The number of amides is 1. The van der Waals surface area contributed by atoms with Crippen LogP contribution in [0.5, 0.6) is 11.5 Å². The maximum atomic E-state index is 13.1. The number of aldehydes is 1. The molecule has 0 spiro atoms. The Balaban J connectivity index is 0.000000538. The van der Waals surface area contributed by atoms with E-state index in [4.69, 9.17) is 14.3 Å². The van der Waals surface area contributed by atoms with Crippen molar-refractivity contribution in [1.82, 2.24) is 4.98 Å². The summed E-state index contributed by atoms with van der Waals surface area (Å²) < 4.78 is 42.4. The van der Waals surface area contributed by atoms with Crippen LogP contribution in [-0.2, 0) is 11.3 Å². The Morgan fingerprint density at radius 1 is 1.17 bits per heavy atom. The van der Waals surface area contributed by atoms with Crippen molar-refractivity contribution in [3.8, 4) is 21.9 Å². The van der Waals surface area contributed by atoms with Crippen LogP contribution in [0.1, 0.15) is 34.8 Å². The average molecular weight is 523 g/mol. The summed E-state index contributed by atoms with van der Waals surface area (Å²) in [7, 11) is 1.56. The molecule has 0 radical (unpaired) electrons. The fourth-order valence-electron chi connectivity index (χ4n) is 3.25. The molecule has 3 aromatic rings. The molecule has 11 heteroatoms. The zero-order chi connectivity index (χ0) is 26.7. The summed E-state index contributed by atoms with van der Waals surface area (Å²) in [6.45, 7) is 5.96. The zero-order valence-electron chi connectivity index (χ0n) is 20.0. The van der Waals surface area contributed by atoms with E-state index in [0.717, 1.165) is 32.3 Å². The van der Waals surface area contributed by atoms with Crippen LogP contribution in [0.3, 0.4) is 0 Å². The Labute approximate surface area is 210 Å². The number of hydrogen-bond donors (Lipinski definition) is 1. The quantitative estimate of drug-likeness (QED) is 0.449. The van der Waals surface area contributed by atoms with Crippen LogP contribution < -0.4 is 14.4 Å². The normalized spacial score (nSPS) is 13.1. The van der Waals surface area contributed by atoms with Crippen molar-refractivity contribution in [3.63, 3.8) is 0 Å². The van der Waals surface area contributed by atoms with Gasteiger partial charge in [0, 0.05) is 34.1 Å².